The van der Waals surface area contributed by atoms with Gasteiger partial charge in [-0.25, -0.2) is 0 Å². The van der Waals surface area contributed by atoms with Crippen LogP contribution < -0.4 is 0 Å². The largest absolute Gasteiger partial charge is 0.337 e. The van der Waals surface area contributed by atoms with Gasteiger partial charge in [0.25, 0.3) is 5.91 Å². The predicted octanol–water partition coefficient (Wildman–Crippen LogP) is 2.67. The molecule has 25 heavy (non-hydrogen) atoms. The van der Waals surface area contributed by atoms with Gasteiger partial charge < -0.3 is 9.80 Å². The molecule has 1 heterocycles. The molecule has 0 bridgehead atoms. The molecule has 132 valence electrons. The third kappa shape index (κ3) is 3.84. The zero-order chi connectivity index (χ0) is 18.0. The van der Waals surface area contributed by atoms with Crippen molar-refractivity contribution in [3.63, 3.8) is 0 Å². The number of hydrogen-bond acceptors (Lipinski definition) is 3. The van der Waals surface area contributed by atoms with E-state index in [2.05, 4.69) is 19.9 Å². The van der Waals surface area contributed by atoms with Gasteiger partial charge >= 0.3 is 0 Å². The zero-order valence-electron chi connectivity index (χ0n) is 14.9. The van der Waals surface area contributed by atoms with E-state index in [0.29, 0.717) is 36.6 Å². The Morgan fingerprint density at radius 1 is 1.32 bits per heavy atom. The second-order valence-electron chi connectivity index (χ2n) is 7.46. The monoisotopic (exact) mass is 339 g/mol. The van der Waals surface area contributed by atoms with Crippen LogP contribution in [0.3, 0.4) is 0 Å². The molecule has 2 aliphatic rings. The van der Waals surface area contributed by atoms with Crippen LogP contribution in [-0.2, 0) is 4.79 Å². The molecule has 1 aliphatic heterocycles. The SMILES string of the molecule is CC(C)C1CN(C(=O)c2ccccc2C#N)CCC(=O)N1CC1CC1. The second kappa shape index (κ2) is 7.26. The van der Waals surface area contributed by atoms with Crippen molar-refractivity contribution in [1.82, 2.24) is 9.80 Å². The van der Waals surface area contributed by atoms with E-state index in [1.165, 1.54) is 12.8 Å². The van der Waals surface area contributed by atoms with Crippen molar-refractivity contribution in [2.75, 3.05) is 19.6 Å². The Hall–Kier alpha value is -2.35. The van der Waals surface area contributed by atoms with Gasteiger partial charge in [-0.05, 0) is 36.8 Å². The van der Waals surface area contributed by atoms with Gasteiger partial charge in [-0.1, -0.05) is 26.0 Å². The quantitative estimate of drug-likeness (QED) is 0.847. The lowest BCUT2D eigenvalue weighted by molar-refractivity contribution is -0.133. The summed E-state index contributed by atoms with van der Waals surface area (Å²) in [5.74, 6) is 0.910. The van der Waals surface area contributed by atoms with Crippen LogP contribution in [0.5, 0.6) is 0 Å². The van der Waals surface area contributed by atoms with E-state index in [0.717, 1.165) is 6.54 Å². The number of carbonyl (C=O) groups excluding carboxylic acids is 2. The number of carbonyl (C=O) groups is 2. The highest BCUT2D eigenvalue weighted by Crippen LogP contribution is 2.32. The summed E-state index contributed by atoms with van der Waals surface area (Å²) in [6.45, 7) is 5.99. The maximum atomic E-state index is 13.0. The van der Waals surface area contributed by atoms with E-state index in [9.17, 15) is 14.9 Å². The zero-order valence-corrected chi connectivity index (χ0v) is 14.9. The van der Waals surface area contributed by atoms with Gasteiger partial charge in [0, 0.05) is 26.1 Å². The van der Waals surface area contributed by atoms with Gasteiger partial charge in [0.2, 0.25) is 5.91 Å². The Labute approximate surface area is 149 Å². The molecule has 2 fully saturated rings. The van der Waals surface area contributed by atoms with Crippen molar-refractivity contribution in [1.29, 1.82) is 5.26 Å². The third-order valence-corrected chi connectivity index (χ3v) is 5.21. The Morgan fingerprint density at radius 3 is 2.68 bits per heavy atom. The van der Waals surface area contributed by atoms with Gasteiger partial charge in [-0.15, -0.1) is 0 Å². The summed E-state index contributed by atoms with van der Waals surface area (Å²) in [5, 5.41) is 9.27. The van der Waals surface area contributed by atoms with Crippen LogP contribution in [0.1, 0.15) is 49.0 Å². The summed E-state index contributed by atoms with van der Waals surface area (Å²) in [5.41, 5.74) is 0.814. The highest BCUT2D eigenvalue weighted by molar-refractivity contribution is 5.97. The number of nitriles is 1. The van der Waals surface area contributed by atoms with Crippen LogP contribution in [0, 0.1) is 23.2 Å². The minimum absolute atomic E-state index is 0.0359. The van der Waals surface area contributed by atoms with E-state index in [-0.39, 0.29) is 23.8 Å². The molecule has 5 nitrogen and oxygen atoms in total. The summed E-state index contributed by atoms with van der Waals surface area (Å²) in [4.78, 5) is 29.4. The molecule has 0 spiro atoms. The van der Waals surface area contributed by atoms with Crippen LogP contribution >= 0.6 is 0 Å². The van der Waals surface area contributed by atoms with Crippen LogP contribution in [0.25, 0.3) is 0 Å². The second-order valence-corrected chi connectivity index (χ2v) is 7.46. The summed E-state index contributed by atoms with van der Waals surface area (Å²) < 4.78 is 0. The van der Waals surface area contributed by atoms with Gasteiger partial charge in [-0.3, -0.25) is 9.59 Å². The minimum atomic E-state index is -0.149. The summed E-state index contributed by atoms with van der Waals surface area (Å²) in [7, 11) is 0. The molecule has 1 saturated heterocycles. The molecule has 1 aromatic carbocycles. The van der Waals surface area contributed by atoms with Crippen LogP contribution in [0.15, 0.2) is 24.3 Å². The third-order valence-electron chi connectivity index (χ3n) is 5.21. The summed E-state index contributed by atoms with van der Waals surface area (Å²) in [6, 6.07) is 9.02. The van der Waals surface area contributed by atoms with Gasteiger partial charge in [0.1, 0.15) is 0 Å². The maximum Gasteiger partial charge on any atom is 0.255 e. The number of hydrogen-bond donors (Lipinski definition) is 0. The van der Waals surface area contributed by atoms with Crippen molar-refractivity contribution in [2.45, 2.75) is 39.2 Å². The standard InChI is InChI=1S/C20H25N3O2/c1-14(2)18-13-22(10-9-19(24)23(18)12-15-7-8-15)20(25)17-6-4-3-5-16(17)11-21/h3-6,14-15,18H,7-10,12-13H2,1-2H3. The Kier molecular flexibility index (Phi) is 5.08. The summed E-state index contributed by atoms with van der Waals surface area (Å²) >= 11 is 0. The highest BCUT2D eigenvalue weighted by Gasteiger charge is 2.37. The predicted molar refractivity (Wildman–Crippen MR) is 94.7 cm³/mol. The normalized spacial score (nSPS) is 21.2. The van der Waals surface area contributed by atoms with E-state index in [4.69, 9.17) is 0 Å². The van der Waals surface area contributed by atoms with Crippen LogP contribution in [0.4, 0.5) is 0 Å². The first-order valence-electron chi connectivity index (χ1n) is 9.09. The van der Waals surface area contributed by atoms with Crippen molar-refractivity contribution in [2.24, 2.45) is 11.8 Å². The molecule has 0 aromatic heterocycles. The molecule has 5 heteroatoms. The topological polar surface area (TPSA) is 64.4 Å². The lowest BCUT2D eigenvalue weighted by Crippen LogP contribution is -2.48. The van der Waals surface area contributed by atoms with Crippen molar-refractivity contribution >= 4 is 11.8 Å². The molecule has 0 N–H and O–H groups in total. The number of nitrogens with zero attached hydrogens (tertiary/aromatic N) is 3. The lowest BCUT2D eigenvalue weighted by atomic mass is 10.0. The average molecular weight is 339 g/mol. The molecular formula is C20H25N3O2. The molecule has 3 rings (SSSR count). The molecule has 1 aliphatic carbocycles. The van der Waals surface area contributed by atoms with Crippen molar-refractivity contribution < 1.29 is 9.59 Å². The van der Waals surface area contributed by atoms with Crippen molar-refractivity contribution in [3.8, 4) is 6.07 Å². The Balaban J connectivity index is 1.84. The van der Waals surface area contributed by atoms with Crippen LogP contribution in [0.2, 0.25) is 0 Å². The number of benzene rings is 1. The van der Waals surface area contributed by atoms with Gasteiger partial charge in [0.15, 0.2) is 0 Å². The van der Waals surface area contributed by atoms with Crippen LogP contribution in [-0.4, -0.2) is 47.3 Å². The molecule has 1 unspecified atom stereocenters. The maximum absolute atomic E-state index is 13.0. The Morgan fingerprint density at radius 2 is 2.04 bits per heavy atom. The van der Waals surface area contributed by atoms with E-state index in [1.54, 1.807) is 29.2 Å². The molecule has 1 saturated carbocycles. The van der Waals surface area contributed by atoms with E-state index in [1.807, 2.05) is 4.90 Å². The first-order valence-corrected chi connectivity index (χ1v) is 9.09. The van der Waals surface area contributed by atoms with Gasteiger partial charge in [-0.2, -0.15) is 5.26 Å². The summed E-state index contributed by atoms with van der Waals surface area (Å²) in [6.07, 6.45) is 2.76. The molecule has 1 aromatic rings. The molecule has 0 radical (unpaired) electrons. The minimum Gasteiger partial charge on any atom is -0.337 e. The van der Waals surface area contributed by atoms with E-state index < -0.39 is 0 Å². The highest BCUT2D eigenvalue weighted by atomic mass is 16.2. The fourth-order valence-electron chi connectivity index (χ4n) is 3.48. The molecule has 2 amide bonds. The smallest absolute Gasteiger partial charge is 0.255 e. The van der Waals surface area contributed by atoms with Gasteiger partial charge in [0.05, 0.1) is 23.2 Å². The first-order chi connectivity index (χ1) is 12.0. The fourth-order valence-corrected chi connectivity index (χ4v) is 3.48. The van der Waals surface area contributed by atoms with E-state index >= 15 is 0 Å². The first kappa shape index (κ1) is 17.5. The molecule has 1 atom stereocenters. The lowest BCUT2D eigenvalue weighted by Gasteiger charge is -2.35. The van der Waals surface area contributed by atoms with Crippen molar-refractivity contribution in [3.05, 3.63) is 35.4 Å². The fraction of sp³-hybridized carbons (Fsp3) is 0.550. The Bertz CT molecular complexity index is 703. The number of rotatable bonds is 4. The average Bonchev–Trinajstić information content (AvgIpc) is 3.44. The molecular weight excluding hydrogens is 314 g/mol. The number of amides is 2.